The van der Waals surface area contributed by atoms with Gasteiger partial charge in [-0.25, -0.2) is 0 Å². The summed E-state index contributed by atoms with van der Waals surface area (Å²) in [6.07, 6.45) is 6.56. The van der Waals surface area contributed by atoms with E-state index in [9.17, 15) is 0 Å². The first-order chi connectivity index (χ1) is 8.27. The molecule has 1 aromatic carbocycles. The third-order valence-electron chi connectivity index (χ3n) is 4.27. The van der Waals surface area contributed by atoms with Gasteiger partial charge in [0.05, 0.1) is 5.69 Å². The molecule has 0 aromatic heterocycles. The lowest BCUT2D eigenvalue weighted by Crippen LogP contribution is -2.40. The van der Waals surface area contributed by atoms with E-state index >= 15 is 0 Å². The van der Waals surface area contributed by atoms with Crippen molar-refractivity contribution in [1.82, 2.24) is 0 Å². The van der Waals surface area contributed by atoms with Crippen molar-refractivity contribution in [2.24, 2.45) is 11.7 Å². The van der Waals surface area contributed by atoms with Gasteiger partial charge in [-0.2, -0.15) is 0 Å². The molecule has 0 amide bonds. The summed E-state index contributed by atoms with van der Waals surface area (Å²) in [5.74, 6) is 0.610. The Hall–Kier alpha value is -0.540. The molecule has 3 atom stereocenters. The van der Waals surface area contributed by atoms with Crippen molar-refractivity contribution in [2.45, 2.75) is 44.2 Å². The van der Waals surface area contributed by atoms with Crippen LogP contribution >= 0.6 is 15.9 Å². The Morgan fingerprint density at radius 1 is 1.18 bits per heavy atom. The number of halogens is 1. The molecule has 2 nitrogen and oxygen atoms in total. The Bertz CT molecular complexity index is 419. The predicted molar refractivity (Wildman–Crippen MR) is 75.1 cm³/mol. The minimum Gasteiger partial charge on any atom is -0.381 e. The van der Waals surface area contributed by atoms with Crippen LogP contribution in [0.5, 0.6) is 0 Å². The standard InChI is InChI=1S/C14H19BrN2/c15-11-7-4-6-10-13(16)9-5-2-1-3-8-12(9)17-14(10)11/h4,6-7,9,12-13,17H,1-3,5,8,16H2. The van der Waals surface area contributed by atoms with Crippen molar-refractivity contribution in [3.63, 3.8) is 0 Å². The van der Waals surface area contributed by atoms with Gasteiger partial charge in [-0.15, -0.1) is 0 Å². The lowest BCUT2D eigenvalue weighted by molar-refractivity contribution is 0.339. The average Bonchev–Trinajstić information content (AvgIpc) is 2.56. The molecule has 0 radical (unpaired) electrons. The fraction of sp³-hybridized carbons (Fsp3) is 0.571. The summed E-state index contributed by atoms with van der Waals surface area (Å²) in [5, 5.41) is 3.71. The maximum atomic E-state index is 6.48. The number of hydrogen-bond acceptors (Lipinski definition) is 2. The highest BCUT2D eigenvalue weighted by molar-refractivity contribution is 9.10. The van der Waals surface area contributed by atoms with Gasteiger partial charge in [0.25, 0.3) is 0 Å². The number of hydrogen-bond donors (Lipinski definition) is 2. The second-order valence-corrected chi connectivity index (χ2v) is 6.14. The van der Waals surface area contributed by atoms with Crippen molar-refractivity contribution in [1.29, 1.82) is 0 Å². The third kappa shape index (κ3) is 2.00. The first kappa shape index (κ1) is 11.5. The van der Waals surface area contributed by atoms with Crippen LogP contribution in [0.3, 0.4) is 0 Å². The van der Waals surface area contributed by atoms with E-state index in [1.54, 1.807) is 0 Å². The summed E-state index contributed by atoms with van der Waals surface area (Å²) in [6, 6.07) is 7.11. The SMILES string of the molecule is NC1c2cccc(Br)c2NC2CCCCCC21. The number of rotatable bonds is 0. The Morgan fingerprint density at radius 2 is 2.00 bits per heavy atom. The molecule has 3 unspecified atom stereocenters. The summed E-state index contributed by atoms with van der Waals surface area (Å²) in [6.45, 7) is 0. The lowest BCUT2D eigenvalue weighted by atomic mass is 9.80. The second-order valence-electron chi connectivity index (χ2n) is 5.28. The fourth-order valence-electron chi connectivity index (χ4n) is 3.33. The number of para-hydroxylation sites is 1. The van der Waals surface area contributed by atoms with Gasteiger partial charge >= 0.3 is 0 Å². The number of nitrogens with one attached hydrogen (secondary N) is 1. The molecule has 1 fully saturated rings. The van der Waals surface area contributed by atoms with Crippen LogP contribution in [0, 0.1) is 5.92 Å². The van der Waals surface area contributed by atoms with Crippen LogP contribution in [0.2, 0.25) is 0 Å². The maximum absolute atomic E-state index is 6.48. The topological polar surface area (TPSA) is 38.0 Å². The number of nitrogens with two attached hydrogens (primary N) is 1. The smallest absolute Gasteiger partial charge is 0.0535 e. The van der Waals surface area contributed by atoms with Crippen LogP contribution in [-0.2, 0) is 0 Å². The van der Waals surface area contributed by atoms with E-state index in [1.807, 2.05) is 0 Å². The first-order valence-electron chi connectivity index (χ1n) is 6.58. The second kappa shape index (κ2) is 4.62. The van der Waals surface area contributed by atoms with Crippen LogP contribution in [0.15, 0.2) is 22.7 Å². The van der Waals surface area contributed by atoms with Gasteiger partial charge in [-0.05, 0) is 46.3 Å². The Kier molecular flexibility index (Phi) is 3.14. The highest BCUT2D eigenvalue weighted by atomic mass is 79.9. The van der Waals surface area contributed by atoms with Crippen molar-refractivity contribution in [3.05, 3.63) is 28.2 Å². The van der Waals surface area contributed by atoms with Gasteiger partial charge < -0.3 is 11.1 Å². The lowest BCUT2D eigenvalue weighted by Gasteiger charge is -2.38. The molecular weight excluding hydrogens is 276 g/mol. The summed E-state index contributed by atoms with van der Waals surface area (Å²) < 4.78 is 1.15. The summed E-state index contributed by atoms with van der Waals surface area (Å²) in [7, 11) is 0. The largest absolute Gasteiger partial charge is 0.381 e. The molecule has 17 heavy (non-hydrogen) atoms. The van der Waals surface area contributed by atoms with Crippen molar-refractivity contribution < 1.29 is 0 Å². The van der Waals surface area contributed by atoms with Gasteiger partial charge in [0.2, 0.25) is 0 Å². The number of benzene rings is 1. The summed E-state index contributed by atoms with van der Waals surface area (Å²) in [4.78, 5) is 0. The molecule has 0 spiro atoms. The zero-order valence-corrected chi connectivity index (χ0v) is 11.5. The quantitative estimate of drug-likeness (QED) is 0.763. The molecule has 3 N–H and O–H groups in total. The first-order valence-corrected chi connectivity index (χ1v) is 7.37. The fourth-order valence-corrected chi connectivity index (χ4v) is 3.83. The highest BCUT2D eigenvalue weighted by Gasteiger charge is 2.35. The molecule has 2 aliphatic rings. The van der Waals surface area contributed by atoms with Crippen molar-refractivity contribution in [2.75, 3.05) is 5.32 Å². The Morgan fingerprint density at radius 3 is 2.88 bits per heavy atom. The van der Waals surface area contributed by atoms with Gasteiger partial charge in [0.1, 0.15) is 0 Å². The van der Waals surface area contributed by atoms with E-state index < -0.39 is 0 Å². The van der Waals surface area contributed by atoms with Gasteiger partial charge in [0, 0.05) is 16.6 Å². The van der Waals surface area contributed by atoms with Crippen LogP contribution in [0.25, 0.3) is 0 Å². The van der Waals surface area contributed by atoms with E-state index in [1.165, 1.54) is 43.4 Å². The van der Waals surface area contributed by atoms with Gasteiger partial charge in [-0.1, -0.05) is 31.4 Å². The Labute approximate surface area is 111 Å². The summed E-state index contributed by atoms with van der Waals surface area (Å²) in [5.41, 5.74) is 8.98. The minimum atomic E-state index is 0.201. The molecule has 0 bridgehead atoms. The average molecular weight is 295 g/mol. The molecule has 1 saturated carbocycles. The molecule has 1 aliphatic heterocycles. The van der Waals surface area contributed by atoms with E-state index in [2.05, 4.69) is 39.4 Å². The van der Waals surface area contributed by atoms with Crippen LogP contribution in [0.4, 0.5) is 5.69 Å². The molecule has 92 valence electrons. The molecule has 1 heterocycles. The number of anilines is 1. The van der Waals surface area contributed by atoms with E-state index in [4.69, 9.17) is 5.73 Å². The summed E-state index contributed by atoms with van der Waals surface area (Å²) >= 11 is 3.63. The Balaban J connectivity index is 2.00. The zero-order chi connectivity index (χ0) is 11.8. The van der Waals surface area contributed by atoms with E-state index in [-0.39, 0.29) is 6.04 Å². The van der Waals surface area contributed by atoms with Crippen LogP contribution in [0.1, 0.15) is 43.7 Å². The molecule has 3 rings (SSSR count). The maximum Gasteiger partial charge on any atom is 0.0535 e. The normalized spacial score (nSPS) is 32.0. The van der Waals surface area contributed by atoms with Gasteiger partial charge in [0.15, 0.2) is 0 Å². The highest BCUT2D eigenvalue weighted by Crippen LogP contribution is 2.43. The van der Waals surface area contributed by atoms with Crippen LogP contribution < -0.4 is 11.1 Å². The molecule has 3 heteroatoms. The number of fused-ring (bicyclic) bond motifs is 2. The van der Waals surface area contributed by atoms with Gasteiger partial charge in [-0.3, -0.25) is 0 Å². The molecule has 0 saturated heterocycles. The predicted octanol–water partition coefficient (Wildman–Crippen LogP) is 3.82. The minimum absolute atomic E-state index is 0.201. The van der Waals surface area contributed by atoms with Crippen molar-refractivity contribution >= 4 is 21.6 Å². The molecular formula is C14H19BrN2. The third-order valence-corrected chi connectivity index (χ3v) is 4.93. The van der Waals surface area contributed by atoms with Crippen LogP contribution in [-0.4, -0.2) is 6.04 Å². The van der Waals surface area contributed by atoms with E-state index in [0.717, 1.165) is 4.47 Å². The molecule has 1 aromatic rings. The monoisotopic (exact) mass is 294 g/mol. The van der Waals surface area contributed by atoms with Crippen molar-refractivity contribution in [3.8, 4) is 0 Å². The van der Waals surface area contributed by atoms with E-state index in [0.29, 0.717) is 12.0 Å². The molecule has 1 aliphatic carbocycles. The zero-order valence-electron chi connectivity index (χ0n) is 9.95.